The van der Waals surface area contributed by atoms with E-state index in [1.165, 1.54) is 6.07 Å². The van der Waals surface area contributed by atoms with E-state index in [4.69, 9.17) is 15.6 Å². The van der Waals surface area contributed by atoms with Crippen molar-refractivity contribution in [1.29, 1.82) is 0 Å². The monoisotopic (exact) mass is 339 g/mol. The van der Waals surface area contributed by atoms with Gasteiger partial charge in [-0.25, -0.2) is 9.38 Å². The average Bonchev–Trinajstić information content (AvgIpc) is 2.47. The van der Waals surface area contributed by atoms with Crippen LogP contribution >= 0.6 is 0 Å². The number of nitro benzene ring substituents is 1. The standard InChI is InChI=1S/C10H10FN3O3.C2H3F3O/c11-8-2-1-6(14(15)16)5-7(8)9-3-4-17-10(12)13-9;3-2(4,5)1-6/h1-2,5,9H,3-4H2,(H2,12,13);6H,1H2. The first-order chi connectivity index (χ1) is 10.6. The summed E-state index contributed by atoms with van der Waals surface area (Å²) in [5.74, 6) is -0.529. The number of aliphatic hydroxyl groups is 1. The largest absolute Gasteiger partial charge is 0.465 e. The molecule has 11 heteroatoms. The highest BCUT2D eigenvalue weighted by atomic mass is 19.4. The summed E-state index contributed by atoms with van der Waals surface area (Å²) >= 11 is 0. The molecule has 1 unspecified atom stereocenters. The number of nitrogens with two attached hydrogens (primary N) is 1. The molecule has 0 radical (unpaired) electrons. The van der Waals surface area contributed by atoms with E-state index in [-0.39, 0.29) is 17.3 Å². The number of amidine groups is 1. The molecule has 7 nitrogen and oxygen atoms in total. The molecule has 0 aliphatic carbocycles. The molecule has 23 heavy (non-hydrogen) atoms. The Morgan fingerprint density at radius 1 is 1.48 bits per heavy atom. The number of ether oxygens (including phenoxy) is 1. The van der Waals surface area contributed by atoms with Gasteiger partial charge in [-0.2, -0.15) is 13.2 Å². The number of rotatable bonds is 2. The minimum Gasteiger partial charge on any atom is -0.465 e. The summed E-state index contributed by atoms with van der Waals surface area (Å²) in [4.78, 5) is 14.0. The van der Waals surface area contributed by atoms with Crippen LogP contribution in [0.4, 0.5) is 23.2 Å². The second-order valence-corrected chi connectivity index (χ2v) is 4.36. The van der Waals surface area contributed by atoms with Crippen LogP contribution in [0.1, 0.15) is 18.0 Å². The lowest BCUT2D eigenvalue weighted by Gasteiger charge is -2.19. The fraction of sp³-hybridized carbons (Fsp3) is 0.417. The van der Waals surface area contributed by atoms with Gasteiger partial charge >= 0.3 is 6.18 Å². The van der Waals surface area contributed by atoms with E-state index in [1.807, 2.05) is 0 Å². The first kappa shape index (κ1) is 18.6. The van der Waals surface area contributed by atoms with Crippen molar-refractivity contribution in [1.82, 2.24) is 0 Å². The fourth-order valence-corrected chi connectivity index (χ4v) is 1.66. The van der Waals surface area contributed by atoms with Crippen molar-refractivity contribution in [2.24, 2.45) is 10.7 Å². The Bertz CT molecular complexity index is 592. The van der Waals surface area contributed by atoms with Gasteiger partial charge in [0.1, 0.15) is 12.4 Å². The minimum atomic E-state index is -4.40. The predicted molar refractivity (Wildman–Crippen MR) is 71.1 cm³/mol. The third kappa shape index (κ3) is 6.06. The molecule has 1 aromatic carbocycles. The van der Waals surface area contributed by atoms with Crippen molar-refractivity contribution in [2.75, 3.05) is 13.2 Å². The van der Waals surface area contributed by atoms with Gasteiger partial charge in [-0.05, 0) is 6.07 Å². The first-order valence-corrected chi connectivity index (χ1v) is 6.21. The molecule has 2 rings (SSSR count). The number of aliphatic imine (C=N–C) groups is 1. The third-order valence-electron chi connectivity index (χ3n) is 2.65. The van der Waals surface area contributed by atoms with Gasteiger partial charge in [0.2, 0.25) is 0 Å². The summed E-state index contributed by atoms with van der Waals surface area (Å²) in [6.45, 7) is -1.41. The molecule has 0 saturated heterocycles. The quantitative estimate of drug-likeness (QED) is 0.487. The highest BCUT2D eigenvalue weighted by molar-refractivity contribution is 5.72. The molecule has 128 valence electrons. The zero-order chi connectivity index (χ0) is 17.6. The lowest BCUT2D eigenvalue weighted by molar-refractivity contribution is -0.385. The number of nitrogens with zero attached hydrogens (tertiary/aromatic N) is 2. The number of hydrogen-bond donors (Lipinski definition) is 2. The maximum Gasteiger partial charge on any atom is 0.411 e. The molecule has 3 N–H and O–H groups in total. The predicted octanol–water partition coefficient (Wildman–Crippen LogP) is 2.05. The van der Waals surface area contributed by atoms with Crippen LogP contribution in [0, 0.1) is 15.9 Å². The number of non-ortho nitro benzene ring substituents is 1. The van der Waals surface area contributed by atoms with Crippen molar-refractivity contribution >= 4 is 11.7 Å². The highest BCUT2D eigenvalue weighted by Crippen LogP contribution is 2.29. The normalized spacial score (nSPS) is 17.4. The van der Waals surface area contributed by atoms with Gasteiger partial charge in [0.15, 0.2) is 0 Å². The van der Waals surface area contributed by atoms with E-state index in [2.05, 4.69) is 4.99 Å². The second-order valence-electron chi connectivity index (χ2n) is 4.36. The van der Waals surface area contributed by atoms with Crippen LogP contribution in [0.5, 0.6) is 0 Å². The molecule has 1 atom stereocenters. The summed E-state index contributed by atoms with van der Waals surface area (Å²) in [5, 5.41) is 17.9. The smallest absolute Gasteiger partial charge is 0.411 e. The van der Waals surface area contributed by atoms with Gasteiger partial charge in [-0.15, -0.1) is 0 Å². The number of nitro groups is 1. The van der Waals surface area contributed by atoms with Crippen LogP contribution in [0.25, 0.3) is 0 Å². The lowest BCUT2D eigenvalue weighted by atomic mass is 10.0. The van der Waals surface area contributed by atoms with Crippen LogP contribution in [0.15, 0.2) is 23.2 Å². The molecule has 1 aliphatic heterocycles. The molecule has 0 spiro atoms. The fourth-order valence-electron chi connectivity index (χ4n) is 1.66. The van der Waals surface area contributed by atoms with Crippen LogP contribution < -0.4 is 5.73 Å². The van der Waals surface area contributed by atoms with Gasteiger partial charge in [0.25, 0.3) is 11.7 Å². The van der Waals surface area contributed by atoms with Crippen molar-refractivity contribution in [3.63, 3.8) is 0 Å². The Hall–Kier alpha value is -2.43. The molecule has 0 saturated carbocycles. The molecular weight excluding hydrogens is 326 g/mol. The Morgan fingerprint density at radius 2 is 2.09 bits per heavy atom. The van der Waals surface area contributed by atoms with E-state index in [9.17, 15) is 27.7 Å². The summed E-state index contributed by atoms with van der Waals surface area (Å²) in [6, 6.07) is 2.82. The van der Waals surface area contributed by atoms with Crippen molar-refractivity contribution in [3.8, 4) is 0 Å². The SMILES string of the molecule is NC1=NC(c2cc([N+](=O)[O-])ccc2F)CCO1.OCC(F)(F)F. The van der Waals surface area contributed by atoms with Gasteiger partial charge in [-0.1, -0.05) is 0 Å². The third-order valence-corrected chi connectivity index (χ3v) is 2.65. The van der Waals surface area contributed by atoms with Gasteiger partial charge in [0.05, 0.1) is 17.6 Å². The van der Waals surface area contributed by atoms with E-state index in [0.717, 1.165) is 12.1 Å². The number of alkyl halides is 3. The number of hydrogen-bond acceptors (Lipinski definition) is 6. The van der Waals surface area contributed by atoms with Crippen LogP contribution in [-0.2, 0) is 4.74 Å². The Labute approximate surface area is 127 Å². The summed E-state index contributed by atoms with van der Waals surface area (Å²) in [5.41, 5.74) is 5.39. The number of aliphatic hydroxyl groups excluding tert-OH is 1. The van der Waals surface area contributed by atoms with E-state index in [1.54, 1.807) is 0 Å². The van der Waals surface area contributed by atoms with Crippen LogP contribution in [0.2, 0.25) is 0 Å². The Morgan fingerprint density at radius 3 is 2.57 bits per heavy atom. The molecule has 0 amide bonds. The van der Waals surface area contributed by atoms with Crippen LogP contribution in [0.3, 0.4) is 0 Å². The maximum atomic E-state index is 13.6. The highest BCUT2D eigenvalue weighted by Gasteiger charge is 2.24. The second kappa shape index (κ2) is 7.72. The van der Waals surface area contributed by atoms with Crippen molar-refractivity contribution < 1.29 is 32.3 Å². The zero-order valence-corrected chi connectivity index (χ0v) is 11.6. The molecule has 1 aromatic rings. The molecule has 1 heterocycles. The maximum absolute atomic E-state index is 13.6. The van der Waals surface area contributed by atoms with Crippen molar-refractivity contribution in [2.45, 2.75) is 18.6 Å². The molecule has 0 aromatic heterocycles. The van der Waals surface area contributed by atoms with Crippen molar-refractivity contribution in [3.05, 3.63) is 39.7 Å². The zero-order valence-electron chi connectivity index (χ0n) is 11.6. The molecule has 1 aliphatic rings. The van der Waals surface area contributed by atoms with Gasteiger partial charge in [0, 0.05) is 24.1 Å². The van der Waals surface area contributed by atoms with Crippen LogP contribution in [-0.4, -0.2) is 35.4 Å². The first-order valence-electron chi connectivity index (χ1n) is 6.21. The number of benzene rings is 1. The molecule has 0 fully saturated rings. The Balaban J connectivity index is 0.000000379. The number of halogens is 4. The molecule has 0 bridgehead atoms. The molecular formula is C12H13F4N3O4. The van der Waals surface area contributed by atoms with Gasteiger partial charge in [-0.3, -0.25) is 10.1 Å². The lowest BCUT2D eigenvalue weighted by Crippen LogP contribution is -2.24. The minimum absolute atomic E-state index is 0.0212. The summed E-state index contributed by atoms with van der Waals surface area (Å²) in [6.07, 6.45) is -3.96. The van der Waals surface area contributed by atoms with Gasteiger partial charge < -0.3 is 15.6 Å². The van der Waals surface area contributed by atoms with E-state index in [0.29, 0.717) is 13.0 Å². The summed E-state index contributed by atoms with van der Waals surface area (Å²) in [7, 11) is 0. The topological polar surface area (TPSA) is 111 Å². The van der Waals surface area contributed by atoms with E-state index >= 15 is 0 Å². The van der Waals surface area contributed by atoms with E-state index < -0.39 is 29.6 Å². The summed E-state index contributed by atoms with van der Waals surface area (Å²) < 4.78 is 50.1. The Kier molecular flexibility index (Phi) is 6.25. The average molecular weight is 339 g/mol.